The van der Waals surface area contributed by atoms with Crippen molar-refractivity contribution in [2.45, 2.75) is 40.0 Å². The molecule has 124 valence electrons. The van der Waals surface area contributed by atoms with Gasteiger partial charge in [-0.15, -0.1) is 0 Å². The topological polar surface area (TPSA) is 58.5 Å². The maximum absolute atomic E-state index is 11.6. The number of aryl methyl sites for hydroxylation is 1. The first-order valence-electron chi connectivity index (χ1n) is 8.06. The van der Waals surface area contributed by atoms with Gasteiger partial charge in [0.15, 0.2) is 11.6 Å². The van der Waals surface area contributed by atoms with Gasteiger partial charge in [0.25, 0.3) is 0 Å². The number of para-hydroxylation sites is 1. The second-order valence-electron chi connectivity index (χ2n) is 6.87. The van der Waals surface area contributed by atoms with Crippen LogP contribution in [0.2, 0.25) is 0 Å². The molecule has 0 saturated carbocycles. The molecule has 1 aliphatic heterocycles. The molecule has 0 saturated heterocycles. The number of anilines is 2. The number of aromatic nitrogens is 2. The van der Waals surface area contributed by atoms with Crippen LogP contribution in [0, 0.1) is 6.92 Å². The summed E-state index contributed by atoms with van der Waals surface area (Å²) in [6.07, 6.45) is 1.56. The summed E-state index contributed by atoms with van der Waals surface area (Å²) in [5, 5.41) is 0. The van der Waals surface area contributed by atoms with Gasteiger partial charge in [-0.3, -0.25) is 4.79 Å². The van der Waals surface area contributed by atoms with Gasteiger partial charge in [-0.05, 0) is 25.5 Å². The maximum atomic E-state index is 11.6. The smallest absolute Gasteiger partial charge is 0.173 e. The van der Waals surface area contributed by atoms with E-state index in [1.54, 1.807) is 13.3 Å². The van der Waals surface area contributed by atoms with Crippen molar-refractivity contribution >= 4 is 28.7 Å². The van der Waals surface area contributed by atoms with Gasteiger partial charge in [0.05, 0.1) is 11.4 Å². The van der Waals surface area contributed by atoms with Gasteiger partial charge in [-0.25, -0.2) is 15.0 Å². The number of carbonyl (C=O) groups excluding carboxylic acids is 1. The van der Waals surface area contributed by atoms with E-state index in [-0.39, 0.29) is 11.2 Å². The number of benzene rings is 1. The Morgan fingerprint density at radius 3 is 2.62 bits per heavy atom. The summed E-state index contributed by atoms with van der Waals surface area (Å²) in [6.45, 7) is 10.4. The number of hydrogen-bond donors (Lipinski definition) is 0. The van der Waals surface area contributed by atoms with Crippen molar-refractivity contribution < 1.29 is 4.79 Å². The van der Waals surface area contributed by atoms with E-state index in [0.717, 1.165) is 23.7 Å². The number of ketones is 1. The van der Waals surface area contributed by atoms with Crippen LogP contribution in [0.3, 0.4) is 0 Å². The molecule has 1 aliphatic rings. The minimum Gasteiger partial charge on any atom is -0.323 e. The van der Waals surface area contributed by atoms with Crippen molar-refractivity contribution in [1.29, 1.82) is 0 Å². The summed E-state index contributed by atoms with van der Waals surface area (Å²) in [4.78, 5) is 27.1. The maximum Gasteiger partial charge on any atom is 0.173 e. The van der Waals surface area contributed by atoms with Crippen LogP contribution in [0.5, 0.6) is 0 Å². The van der Waals surface area contributed by atoms with Crippen molar-refractivity contribution in [3.05, 3.63) is 41.9 Å². The lowest BCUT2D eigenvalue weighted by molar-refractivity contribution is -0.111. The van der Waals surface area contributed by atoms with E-state index in [4.69, 9.17) is 0 Å². The lowest BCUT2D eigenvalue weighted by Crippen LogP contribution is -2.25. The van der Waals surface area contributed by atoms with Crippen LogP contribution < -0.4 is 4.90 Å². The molecule has 0 radical (unpaired) electrons. The summed E-state index contributed by atoms with van der Waals surface area (Å²) < 4.78 is 0. The lowest BCUT2D eigenvalue weighted by Gasteiger charge is -2.23. The Morgan fingerprint density at radius 2 is 1.92 bits per heavy atom. The first-order chi connectivity index (χ1) is 11.3. The normalized spacial score (nSPS) is 16.2. The Labute approximate surface area is 142 Å². The summed E-state index contributed by atoms with van der Waals surface area (Å²) in [5.74, 6) is 0.701. The molecule has 2 heterocycles. The molecule has 1 aromatic heterocycles. The summed E-state index contributed by atoms with van der Waals surface area (Å²) in [6, 6.07) is 8.36. The highest BCUT2D eigenvalue weighted by Crippen LogP contribution is 2.46. The molecule has 0 unspecified atom stereocenters. The standard InChI is InChI=1S/C19H22N4O/c1-12(14(3)24)22-17-13(2)20-11-21-18(17)23-10-19(4,5)15-8-6-7-9-16(15)23/h6-9,11H,10H2,1-5H3. The van der Waals surface area contributed by atoms with Crippen molar-refractivity contribution in [2.24, 2.45) is 4.99 Å². The van der Waals surface area contributed by atoms with Crippen LogP contribution in [-0.2, 0) is 10.2 Å². The molecule has 1 aromatic carbocycles. The van der Waals surface area contributed by atoms with Crippen LogP contribution in [-0.4, -0.2) is 28.0 Å². The number of rotatable bonds is 3. The van der Waals surface area contributed by atoms with E-state index >= 15 is 0 Å². The minimum atomic E-state index is -0.0497. The van der Waals surface area contributed by atoms with E-state index in [9.17, 15) is 4.79 Å². The first-order valence-corrected chi connectivity index (χ1v) is 8.06. The Bertz CT molecular complexity index is 839. The highest BCUT2D eigenvalue weighted by atomic mass is 16.1. The largest absolute Gasteiger partial charge is 0.323 e. The van der Waals surface area contributed by atoms with Crippen LogP contribution in [0.4, 0.5) is 17.2 Å². The summed E-state index contributed by atoms with van der Waals surface area (Å²) >= 11 is 0. The number of nitrogens with zero attached hydrogens (tertiary/aromatic N) is 4. The van der Waals surface area contributed by atoms with Gasteiger partial charge in [-0.2, -0.15) is 0 Å². The minimum absolute atomic E-state index is 0.0199. The van der Waals surface area contributed by atoms with E-state index < -0.39 is 0 Å². The van der Waals surface area contributed by atoms with Crippen LogP contribution in [0.15, 0.2) is 35.6 Å². The molecular weight excluding hydrogens is 300 g/mol. The third-order valence-electron chi connectivity index (χ3n) is 4.51. The molecule has 0 fully saturated rings. The third-order valence-corrected chi connectivity index (χ3v) is 4.51. The fourth-order valence-electron chi connectivity index (χ4n) is 3.07. The highest BCUT2D eigenvalue weighted by Gasteiger charge is 2.37. The van der Waals surface area contributed by atoms with Gasteiger partial charge in [0.2, 0.25) is 0 Å². The SMILES string of the molecule is CC(=O)C(C)=Nc1c(C)ncnc1N1CC(C)(C)c2ccccc21. The van der Waals surface area contributed by atoms with Crippen LogP contribution in [0.25, 0.3) is 0 Å². The Balaban J connectivity index is 2.17. The second kappa shape index (κ2) is 5.82. The molecule has 2 aromatic rings. The number of fused-ring (bicyclic) bond motifs is 1. The predicted octanol–water partition coefficient (Wildman–Crippen LogP) is 3.90. The molecule has 0 amide bonds. The Hall–Kier alpha value is -2.56. The molecule has 5 heteroatoms. The van der Waals surface area contributed by atoms with Crippen molar-refractivity contribution in [3.8, 4) is 0 Å². The van der Waals surface area contributed by atoms with E-state index in [2.05, 4.69) is 51.9 Å². The monoisotopic (exact) mass is 322 g/mol. The molecule has 0 bridgehead atoms. The summed E-state index contributed by atoms with van der Waals surface area (Å²) in [7, 11) is 0. The highest BCUT2D eigenvalue weighted by molar-refractivity contribution is 6.38. The fourth-order valence-corrected chi connectivity index (χ4v) is 3.07. The zero-order chi connectivity index (χ0) is 17.5. The van der Waals surface area contributed by atoms with Gasteiger partial charge in [0.1, 0.15) is 12.0 Å². The van der Waals surface area contributed by atoms with Gasteiger partial charge >= 0.3 is 0 Å². The molecule has 24 heavy (non-hydrogen) atoms. The number of Topliss-reactive ketones (excluding diaryl/α,β-unsaturated/α-hetero) is 1. The summed E-state index contributed by atoms with van der Waals surface area (Å²) in [5.41, 5.74) is 4.34. The molecular formula is C19H22N4O. The number of carbonyl (C=O) groups is 1. The zero-order valence-corrected chi connectivity index (χ0v) is 14.8. The second-order valence-corrected chi connectivity index (χ2v) is 6.87. The molecule has 3 rings (SSSR count). The first kappa shape index (κ1) is 16.3. The molecule has 0 aliphatic carbocycles. The van der Waals surface area contributed by atoms with Gasteiger partial charge in [0, 0.05) is 24.6 Å². The number of aliphatic imine (C=N–C) groups is 1. The molecule has 0 N–H and O–H groups in total. The molecule has 5 nitrogen and oxygen atoms in total. The van der Waals surface area contributed by atoms with Crippen LogP contribution in [0.1, 0.15) is 39.0 Å². The van der Waals surface area contributed by atoms with Crippen LogP contribution >= 0.6 is 0 Å². The average Bonchev–Trinajstić information content (AvgIpc) is 2.81. The van der Waals surface area contributed by atoms with E-state index in [1.807, 2.05) is 13.0 Å². The average molecular weight is 322 g/mol. The Kier molecular flexibility index (Phi) is 3.95. The van der Waals surface area contributed by atoms with Crippen molar-refractivity contribution in [2.75, 3.05) is 11.4 Å². The van der Waals surface area contributed by atoms with Gasteiger partial charge < -0.3 is 4.90 Å². The van der Waals surface area contributed by atoms with Crippen molar-refractivity contribution in [1.82, 2.24) is 9.97 Å². The van der Waals surface area contributed by atoms with E-state index in [1.165, 1.54) is 12.5 Å². The number of hydrogen-bond acceptors (Lipinski definition) is 5. The van der Waals surface area contributed by atoms with Crippen molar-refractivity contribution in [3.63, 3.8) is 0 Å². The van der Waals surface area contributed by atoms with Gasteiger partial charge in [-0.1, -0.05) is 32.0 Å². The predicted molar refractivity (Wildman–Crippen MR) is 96.7 cm³/mol. The zero-order valence-electron chi connectivity index (χ0n) is 14.8. The third kappa shape index (κ3) is 2.70. The lowest BCUT2D eigenvalue weighted by atomic mass is 9.87. The Morgan fingerprint density at radius 1 is 1.21 bits per heavy atom. The van der Waals surface area contributed by atoms with E-state index in [0.29, 0.717) is 11.4 Å². The molecule has 0 spiro atoms. The quantitative estimate of drug-likeness (QED) is 0.804. The molecule has 0 atom stereocenters. The fraction of sp³-hybridized carbons (Fsp3) is 0.368.